The van der Waals surface area contributed by atoms with E-state index in [0.29, 0.717) is 12.1 Å². The molecule has 1 N–H and O–H groups in total. The van der Waals surface area contributed by atoms with Gasteiger partial charge in [0.05, 0.1) is 12.0 Å². The minimum Gasteiger partial charge on any atom is -0.481 e. The fourth-order valence-corrected chi connectivity index (χ4v) is 3.18. The molecule has 5 nitrogen and oxygen atoms in total. The van der Waals surface area contributed by atoms with Crippen LogP contribution >= 0.6 is 0 Å². The van der Waals surface area contributed by atoms with E-state index in [1.165, 1.54) is 0 Å². The summed E-state index contributed by atoms with van der Waals surface area (Å²) in [6.07, 6.45) is 3.50. The molecular weight excluding hydrogens is 268 g/mol. The van der Waals surface area contributed by atoms with Gasteiger partial charge < -0.3 is 14.6 Å². The van der Waals surface area contributed by atoms with Crippen LogP contribution in [0.2, 0.25) is 0 Å². The highest BCUT2D eigenvalue weighted by molar-refractivity contribution is 6.07. The van der Waals surface area contributed by atoms with E-state index in [1.54, 1.807) is 4.90 Å². The number of aliphatic carboxylic acids is 1. The number of carboxylic acids is 1. The summed E-state index contributed by atoms with van der Waals surface area (Å²) in [4.78, 5) is 25.4. The first kappa shape index (κ1) is 13.7. The smallest absolute Gasteiger partial charge is 0.305 e. The molecule has 2 heterocycles. The molecule has 0 spiro atoms. The van der Waals surface area contributed by atoms with Crippen molar-refractivity contribution >= 4 is 22.8 Å². The van der Waals surface area contributed by atoms with Crippen LogP contribution in [0.4, 0.5) is 0 Å². The molecule has 1 amide bonds. The number of hydrogen-bond acceptors (Lipinski definition) is 2. The van der Waals surface area contributed by atoms with E-state index in [1.807, 2.05) is 42.1 Å². The average molecular weight is 286 g/mol. The van der Waals surface area contributed by atoms with Crippen LogP contribution < -0.4 is 0 Å². The molecule has 0 bridgehead atoms. The van der Waals surface area contributed by atoms with E-state index in [4.69, 9.17) is 5.11 Å². The number of carboxylic acid groups (broad SMARTS) is 1. The van der Waals surface area contributed by atoms with Crippen molar-refractivity contribution in [1.29, 1.82) is 0 Å². The van der Waals surface area contributed by atoms with Crippen molar-refractivity contribution in [3.8, 4) is 0 Å². The summed E-state index contributed by atoms with van der Waals surface area (Å²) in [7, 11) is 1.91. The van der Waals surface area contributed by atoms with Crippen LogP contribution in [-0.4, -0.2) is 39.0 Å². The number of aryl methyl sites for hydroxylation is 1. The number of likely N-dealkylation sites (tertiary alicyclic amines) is 1. The normalized spacial score (nSPS) is 18.3. The van der Waals surface area contributed by atoms with Gasteiger partial charge in [-0.05, 0) is 18.9 Å². The molecule has 1 unspecified atom stereocenters. The van der Waals surface area contributed by atoms with E-state index >= 15 is 0 Å². The third kappa shape index (κ3) is 2.39. The summed E-state index contributed by atoms with van der Waals surface area (Å²) in [5, 5.41) is 9.90. The van der Waals surface area contributed by atoms with Gasteiger partial charge >= 0.3 is 5.97 Å². The maximum Gasteiger partial charge on any atom is 0.305 e. The number of carbonyl (C=O) groups is 2. The van der Waals surface area contributed by atoms with E-state index in [2.05, 4.69) is 0 Å². The molecule has 1 aliphatic rings. The number of nitrogens with zero attached hydrogens (tertiary/aromatic N) is 2. The second-order valence-corrected chi connectivity index (χ2v) is 5.56. The van der Waals surface area contributed by atoms with Crippen LogP contribution in [0.5, 0.6) is 0 Å². The Bertz CT molecular complexity index is 705. The molecule has 1 saturated heterocycles. The summed E-state index contributed by atoms with van der Waals surface area (Å²) in [6.45, 7) is 0.639. The lowest BCUT2D eigenvalue weighted by Crippen LogP contribution is -2.36. The maximum atomic E-state index is 12.8. The first-order valence-corrected chi connectivity index (χ1v) is 7.14. The summed E-state index contributed by atoms with van der Waals surface area (Å²) >= 11 is 0. The molecule has 3 rings (SSSR count). The van der Waals surface area contributed by atoms with Crippen molar-refractivity contribution in [1.82, 2.24) is 9.47 Å². The van der Waals surface area contributed by atoms with Crippen molar-refractivity contribution in [2.45, 2.75) is 25.3 Å². The zero-order valence-corrected chi connectivity index (χ0v) is 12.0. The molecule has 5 heteroatoms. The van der Waals surface area contributed by atoms with Crippen molar-refractivity contribution in [2.24, 2.45) is 7.05 Å². The number of rotatable bonds is 3. The summed E-state index contributed by atoms with van der Waals surface area (Å²) in [6, 6.07) is 7.58. The fraction of sp³-hybridized carbons (Fsp3) is 0.375. The second-order valence-electron chi connectivity index (χ2n) is 5.56. The Morgan fingerprint density at radius 2 is 2.10 bits per heavy atom. The van der Waals surface area contributed by atoms with E-state index in [-0.39, 0.29) is 18.4 Å². The van der Waals surface area contributed by atoms with E-state index in [9.17, 15) is 9.59 Å². The molecular formula is C16H18N2O3. The first-order valence-electron chi connectivity index (χ1n) is 7.14. The monoisotopic (exact) mass is 286 g/mol. The summed E-state index contributed by atoms with van der Waals surface area (Å²) < 4.78 is 1.94. The fourth-order valence-electron chi connectivity index (χ4n) is 3.18. The molecule has 21 heavy (non-hydrogen) atoms. The Balaban J connectivity index is 1.95. The predicted octanol–water partition coefficient (Wildman–Crippen LogP) is 2.26. The molecule has 2 aromatic rings. The lowest BCUT2D eigenvalue weighted by molar-refractivity contribution is -0.137. The quantitative estimate of drug-likeness (QED) is 0.941. The lowest BCUT2D eigenvalue weighted by Gasteiger charge is -2.23. The Morgan fingerprint density at radius 1 is 1.33 bits per heavy atom. The number of hydrogen-bond donors (Lipinski definition) is 1. The second kappa shape index (κ2) is 5.24. The minimum atomic E-state index is -0.849. The van der Waals surface area contributed by atoms with Crippen LogP contribution in [0.15, 0.2) is 30.5 Å². The van der Waals surface area contributed by atoms with Crippen LogP contribution in [0.3, 0.4) is 0 Å². The van der Waals surface area contributed by atoms with E-state index in [0.717, 1.165) is 23.7 Å². The molecule has 1 aromatic carbocycles. The Hall–Kier alpha value is -2.30. The molecule has 1 atom stereocenters. The van der Waals surface area contributed by atoms with Gasteiger partial charge in [-0.3, -0.25) is 9.59 Å². The van der Waals surface area contributed by atoms with Crippen molar-refractivity contribution < 1.29 is 14.7 Å². The first-order chi connectivity index (χ1) is 10.1. The van der Waals surface area contributed by atoms with Crippen LogP contribution in [0.25, 0.3) is 10.9 Å². The van der Waals surface area contributed by atoms with Gasteiger partial charge in [-0.25, -0.2) is 0 Å². The zero-order chi connectivity index (χ0) is 15.0. The molecule has 0 radical (unpaired) electrons. The number of amides is 1. The topological polar surface area (TPSA) is 62.5 Å². The van der Waals surface area contributed by atoms with Gasteiger partial charge in [0.25, 0.3) is 5.91 Å². The average Bonchev–Trinajstić information content (AvgIpc) is 3.03. The lowest BCUT2D eigenvalue weighted by atomic mass is 10.1. The molecule has 110 valence electrons. The SMILES string of the molecule is Cn1cc(C(=O)N2CCCC2CC(=O)O)c2ccccc21. The van der Waals surface area contributed by atoms with E-state index < -0.39 is 5.97 Å². The van der Waals surface area contributed by atoms with Gasteiger partial charge in [0.15, 0.2) is 0 Å². The number of para-hydroxylation sites is 1. The van der Waals surface area contributed by atoms with Crippen molar-refractivity contribution in [3.05, 3.63) is 36.0 Å². The third-order valence-corrected chi connectivity index (χ3v) is 4.18. The third-order valence-electron chi connectivity index (χ3n) is 4.18. The molecule has 0 aliphatic carbocycles. The van der Waals surface area contributed by atoms with Crippen molar-refractivity contribution in [3.63, 3.8) is 0 Å². The summed E-state index contributed by atoms with van der Waals surface area (Å²) in [5.41, 5.74) is 1.67. The highest BCUT2D eigenvalue weighted by Gasteiger charge is 2.32. The van der Waals surface area contributed by atoms with Gasteiger partial charge in [0, 0.05) is 36.7 Å². The van der Waals surface area contributed by atoms with Gasteiger partial charge in [0.2, 0.25) is 0 Å². The van der Waals surface area contributed by atoms with Gasteiger partial charge in [-0.1, -0.05) is 18.2 Å². The minimum absolute atomic E-state index is 0.0243. The number of benzene rings is 1. The largest absolute Gasteiger partial charge is 0.481 e. The highest BCUT2D eigenvalue weighted by atomic mass is 16.4. The Kier molecular flexibility index (Phi) is 3.41. The van der Waals surface area contributed by atoms with Crippen LogP contribution in [-0.2, 0) is 11.8 Å². The molecule has 1 fully saturated rings. The standard InChI is InChI=1S/C16H18N2O3/c1-17-10-13(12-6-2-3-7-14(12)17)16(21)18-8-4-5-11(18)9-15(19)20/h2-3,6-7,10-11H,4-5,8-9H2,1H3,(H,19,20). The predicted molar refractivity (Wildman–Crippen MR) is 79.2 cm³/mol. The highest BCUT2D eigenvalue weighted by Crippen LogP contribution is 2.27. The van der Waals surface area contributed by atoms with Crippen molar-refractivity contribution in [2.75, 3.05) is 6.54 Å². The Morgan fingerprint density at radius 3 is 2.86 bits per heavy atom. The molecule has 1 aromatic heterocycles. The number of fused-ring (bicyclic) bond motifs is 1. The number of aromatic nitrogens is 1. The zero-order valence-electron chi connectivity index (χ0n) is 12.0. The maximum absolute atomic E-state index is 12.8. The molecule has 0 saturated carbocycles. The van der Waals surface area contributed by atoms with Crippen LogP contribution in [0, 0.1) is 0 Å². The van der Waals surface area contributed by atoms with Gasteiger partial charge in [-0.15, -0.1) is 0 Å². The molecule has 1 aliphatic heterocycles. The van der Waals surface area contributed by atoms with Gasteiger partial charge in [-0.2, -0.15) is 0 Å². The Labute approximate surface area is 122 Å². The number of carbonyl (C=O) groups excluding carboxylic acids is 1. The van der Waals surface area contributed by atoms with Gasteiger partial charge in [0.1, 0.15) is 0 Å². The van der Waals surface area contributed by atoms with Crippen LogP contribution in [0.1, 0.15) is 29.6 Å². The summed E-state index contributed by atoms with van der Waals surface area (Å²) in [5.74, 6) is -0.909.